The summed E-state index contributed by atoms with van der Waals surface area (Å²) in [5.41, 5.74) is 0. The van der Waals surface area contributed by atoms with Gasteiger partial charge in [-0.15, -0.1) is 0 Å². The molecule has 0 spiro atoms. The molecule has 6 nitrogen and oxygen atoms in total. The van der Waals surface area contributed by atoms with Crippen LogP contribution in [0.5, 0.6) is 0 Å². The molecule has 0 radical (unpaired) electrons. The van der Waals surface area contributed by atoms with E-state index in [0.717, 1.165) is 0 Å². The van der Waals surface area contributed by atoms with Crippen molar-refractivity contribution in [3.05, 3.63) is 0 Å². The molecule has 0 saturated carbocycles. The van der Waals surface area contributed by atoms with Gasteiger partial charge in [-0.1, -0.05) is 0 Å². The summed E-state index contributed by atoms with van der Waals surface area (Å²) in [5.74, 6) is -0.843. The van der Waals surface area contributed by atoms with Gasteiger partial charge in [0.2, 0.25) is 0 Å². The molecule has 0 aliphatic carbocycles. The second-order valence-electron chi connectivity index (χ2n) is 4.93. The van der Waals surface area contributed by atoms with Crippen LogP contribution in [0.3, 0.4) is 0 Å². The molecule has 0 aromatic heterocycles. The topological polar surface area (TPSA) is 78.9 Å². The van der Waals surface area contributed by atoms with Gasteiger partial charge in [0.05, 0.1) is 18.8 Å². The van der Waals surface area contributed by atoms with E-state index in [2.05, 4.69) is 5.32 Å². The van der Waals surface area contributed by atoms with Crippen molar-refractivity contribution in [1.82, 2.24) is 10.2 Å². The van der Waals surface area contributed by atoms with Crippen molar-refractivity contribution in [3.63, 3.8) is 0 Å². The molecule has 3 atom stereocenters. The number of nitrogens with one attached hydrogen (secondary N) is 1. The van der Waals surface area contributed by atoms with Crippen LogP contribution >= 0.6 is 0 Å². The van der Waals surface area contributed by atoms with Crippen LogP contribution in [-0.4, -0.2) is 53.3 Å². The number of hydrogen-bond donors (Lipinski definition) is 2. The maximum atomic E-state index is 12.0. The van der Waals surface area contributed by atoms with Gasteiger partial charge in [-0.05, 0) is 27.2 Å². The number of nitrogens with zero attached hydrogens (tertiary/aromatic N) is 1. The second-order valence-corrected chi connectivity index (χ2v) is 4.93. The fourth-order valence-electron chi connectivity index (χ4n) is 1.89. The number of carboxylic acid groups (broad SMARTS) is 1. The lowest BCUT2D eigenvalue weighted by Gasteiger charge is -2.37. The van der Waals surface area contributed by atoms with Crippen molar-refractivity contribution in [2.45, 2.75) is 51.8 Å². The number of urea groups is 1. The minimum absolute atomic E-state index is 0.0428. The third-order valence-corrected chi connectivity index (χ3v) is 3.03. The highest BCUT2D eigenvalue weighted by molar-refractivity contribution is 5.75. The Bertz CT molecular complexity index is 308. The van der Waals surface area contributed by atoms with Gasteiger partial charge in [-0.25, -0.2) is 4.79 Å². The molecule has 1 heterocycles. The van der Waals surface area contributed by atoms with Gasteiger partial charge >= 0.3 is 12.0 Å². The van der Waals surface area contributed by atoms with Gasteiger partial charge in [-0.2, -0.15) is 0 Å². The normalized spacial score (nSPS) is 25.6. The van der Waals surface area contributed by atoms with Crippen LogP contribution in [0.4, 0.5) is 4.79 Å². The van der Waals surface area contributed by atoms with Crippen LogP contribution in [0.15, 0.2) is 0 Å². The zero-order valence-electron chi connectivity index (χ0n) is 11.2. The number of carboxylic acids is 1. The summed E-state index contributed by atoms with van der Waals surface area (Å²) in [6.45, 7) is 6.79. The summed E-state index contributed by atoms with van der Waals surface area (Å²) in [4.78, 5) is 24.2. The van der Waals surface area contributed by atoms with Crippen molar-refractivity contribution < 1.29 is 19.4 Å². The Morgan fingerprint density at radius 1 is 1.50 bits per heavy atom. The lowest BCUT2D eigenvalue weighted by atomic mass is 10.2. The first kappa shape index (κ1) is 14.8. The predicted molar refractivity (Wildman–Crippen MR) is 66.4 cm³/mol. The highest BCUT2D eigenvalue weighted by Gasteiger charge is 2.28. The minimum atomic E-state index is -0.843. The molecule has 3 unspecified atom stereocenters. The molecule has 2 amide bonds. The van der Waals surface area contributed by atoms with E-state index < -0.39 is 5.97 Å². The number of carbonyl (C=O) groups is 2. The zero-order valence-corrected chi connectivity index (χ0v) is 11.2. The van der Waals surface area contributed by atoms with E-state index in [0.29, 0.717) is 19.6 Å². The fourth-order valence-corrected chi connectivity index (χ4v) is 1.89. The van der Waals surface area contributed by atoms with Gasteiger partial charge in [0.15, 0.2) is 0 Å². The molecule has 6 heteroatoms. The molecule has 1 rings (SSSR count). The van der Waals surface area contributed by atoms with E-state index >= 15 is 0 Å². The van der Waals surface area contributed by atoms with Crippen LogP contribution in [0.25, 0.3) is 0 Å². The molecular weight excluding hydrogens is 236 g/mol. The summed E-state index contributed by atoms with van der Waals surface area (Å²) in [5, 5.41) is 11.4. The number of hydrogen-bond acceptors (Lipinski definition) is 3. The van der Waals surface area contributed by atoms with Gasteiger partial charge in [0.25, 0.3) is 0 Å². The van der Waals surface area contributed by atoms with Crippen LogP contribution in [0, 0.1) is 0 Å². The molecule has 1 saturated heterocycles. The van der Waals surface area contributed by atoms with E-state index in [4.69, 9.17) is 9.84 Å². The standard InChI is InChI=1S/C12H22N2O4/c1-8(4-5-11(15)16)13-12(17)14-6-10(3)18-7-9(14)2/h8-10H,4-7H2,1-3H3,(H,13,17)(H,15,16). The Balaban J connectivity index is 2.41. The maximum absolute atomic E-state index is 12.0. The number of carbonyl (C=O) groups excluding carboxylic acids is 1. The molecule has 1 fully saturated rings. The fraction of sp³-hybridized carbons (Fsp3) is 0.833. The zero-order chi connectivity index (χ0) is 13.7. The average molecular weight is 258 g/mol. The first-order chi connectivity index (χ1) is 8.40. The van der Waals surface area contributed by atoms with E-state index in [-0.39, 0.29) is 30.6 Å². The first-order valence-electron chi connectivity index (χ1n) is 6.30. The van der Waals surface area contributed by atoms with Gasteiger partial charge < -0.3 is 20.1 Å². The molecular formula is C12H22N2O4. The van der Waals surface area contributed by atoms with Gasteiger partial charge in [-0.3, -0.25) is 4.79 Å². The Labute approximate surface area is 107 Å². The molecule has 1 aliphatic heterocycles. The Morgan fingerprint density at radius 3 is 2.78 bits per heavy atom. The van der Waals surface area contributed by atoms with E-state index in [1.807, 2.05) is 20.8 Å². The van der Waals surface area contributed by atoms with Crippen molar-refractivity contribution in [2.24, 2.45) is 0 Å². The maximum Gasteiger partial charge on any atom is 0.318 e. The Hall–Kier alpha value is -1.30. The lowest BCUT2D eigenvalue weighted by Crippen LogP contribution is -2.55. The number of ether oxygens (including phenoxy) is 1. The quantitative estimate of drug-likeness (QED) is 0.790. The third-order valence-electron chi connectivity index (χ3n) is 3.03. The van der Waals surface area contributed by atoms with E-state index in [1.165, 1.54) is 0 Å². The SMILES string of the molecule is CC(CCC(=O)O)NC(=O)N1CC(C)OCC1C. The second kappa shape index (κ2) is 6.58. The predicted octanol–water partition coefficient (Wildman–Crippen LogP) is 1.06. The van der Waals surface area contributed by atoms with Gasteiger partial charge in [0, 0.05) is 19.0 Å². The molecule has 0 aromatic carbocycles. The minimum Gasteiger partial charge on any atom is -0.481 e. The Kier molecular flexibility index (Phi) is 5.40. The van der Waals surface area contributed by atoms with Crippen molar-refractivity contribution in [1.29, 1.82) is 0 Å². The highest BCUT2D eigenvalue weighted by atomic mass is 16.5. The highest BCUT2D eigenvalue weighted by Crippen LogP contribution is 2.11. The van der Waals surface area contributed by atoms with Crippen molar-refractivity contribution >= 4 is 12.0 Å². The summed E-state index contributed by atoms with van der Waals surface area (Å²) >= 11 is 0. The molecule has 104 valence electrons. The largest absolute Gasteiger partial charge is 0.481 e. The smallest absolute Gasteiger partial charge is 0.318 e. The third kappa shape index (κ3) is 4.52. The number of morpholine rings is 1. The number of aliphatic carboxylic acids is 1. The molecule has 18 heavy (non-hydrogen) atoms. The monoisotopic (exact) mass is 258 g/mol. The van der Waals surface area contributed by atoms with Crippen molar-refractivity contribution in [3.8, 4) is 0 Å². The lowest BCUT2D eigenvalue weighted by molar-refractivity contribution is -0.137. The summed E-state index contributed by atoms with van der Waals surface area (Å²) in [7, 11) is 0. The molecule has 0 aromatic rings. The molecule has 1 aliphatic rings. The Morgan fingerprint density at radius 2 is 2.17 bits per heavy atom. The van der Waals surface area contributed by atoms with Crippen LogP contribution in [0.2, 0.25) is 0 Å². The van der Waals surface area contributed by atoms with Gasteiger partial charge in [0.1, 0.15) is 0 Å². The first-order valence-corrected chi connectivity index (χ1v) is 6.30. The summed E-state index contributed by atoms with van der Waals surface area (Å²) in [6, 6.07) is -0.234. The van der Waals surface area contributed by atoms with Crippen molar-refractivity contribution in [2.75, 3.05) is 13.2 Å². The summed E-state index contributed by atoms with van der Waals surface area (Å²) < 4.78 is 5.46. The number of amides is 2. The van der Waals surface area contributed by atoms with E-state index in [1.54, 1.807) is 4.90 Å². The average Bonchev–Trinajstić information content (AvgIpc) is 2.29. The van der Waals surface area contributed by atoms with Crippen LogP contribution in [0.1, 0.15) is 33.6 Å². The molecule has 0 bridgehead atoms. The van der Waals surface area contributed by atoms with E-state index in [9.17, 15) is 9.59 Å². The number of rotatable bonds is 4. The molecule has 2 N–H and O–H groups in total. The van der Waals surface area contributed by atoms with Crippen LogP contribution < -0.4 is 5.32 Å². The van der Waals surface area contributed by atoms with Crippen LogP contribution in [-0.2, 0) is 9.53 Å². The summed E-state index contributed by atoms with van der Waals surface area (Å²) in [6.07, 6.45) is 0.549.